The van der Waals surface area contributed by atoms with Crippen LogP contribution in [0.15, 0.2) is 24.3 Å². The predicted molar refractivity (Wildman–Crippen MR) is 76.2 cm³/mol. The van der Waals surface area contributed by atoms with Crippen molar-refractivity contribution in [2.24, 2.45) is 5.92 Å². The normalized spacial score (nSPS) is 23.9. The molecule has 122 valence electrons. The van der Waals surface area contributed by atoms with Crippen LogP contribution in [0.3, 0.4) is 0 Å². The molecule has 1 aromatic rings. The molecule has 0 spiro atoms. The molecule has 2 atom stereocenters. The van der Waals surface area contributed by atoms with Crippen molar-refractivity contribution in [2.75, 3.05) is 19.6 Å². The Labute approximate surface area is 132 Å². The maximum atomic E-state index is 12.3. The van der Waals surface area contributed by atoms with Gasteiger partial charge in [0.1, 0.15) is 5.75 Å². The molecule has 8 heteroatoms. The summed E-state index contributed by atoms with van der Waals surface area (Å²) in [7, 11) is 0. The van der Waals surface area contributed by atoms with Crippen LogP contribution in [0, 0.1) is 5.92 Å². The smallest absolute Gasteiger partial charge is 0.406 e. The van der Waals surface area contributed by atoms with Gasteiger partial charge in [0.05, 0.1) is 0 Å². The quantitative estimate of drug-likeness (QED) is 0.902. The van der Waals surface area contributed by atoms with Gasteiger partial charge in [-0.05, 0) is 43.1 Å². The standard InChI is InChI=1S/C14H15F3N2O2.ClH/c15-14(16,17)21-11-3-1-9(2-4-11)13(20)19-7-10-5-6-18-12(10)8-19;/h1-4,10,12,18H,5-8H2;1H/t10-,12+;/m0./s1. The van der Waals surface area contributed by atoms with Crippen molar-refractivity contribution in [2.45, 2.75) is 18.8 Å². The zero-order chi connectivity index (χ0) is 15.0. The second-order valence-electron chi connectivity index (χ2n) is 5.39. The third-order valence-corrected chi connectivity index (χ3v) is 3.98. The van der Waals surface area contributed by atoms with E-state index in [1.54, 1.807) is 4.90 Å². The third kappa shape index (κ3) is 3.64. The van der Waals surface area contributed by atoms with E-state index < -0.39 is 6.36 Å². The molecule has 4 nitrogen and oxygen atoms in total. The molecule has 1 amide bonds. The number of ether oxygens (including phenoxy) is 1. The summed E-state index contributed by atoms with van der Waals surface area (Å²) in [6.07, 6.45) is -3.66. The zero-order valence-corrected chi connectivity index (χ0v) is 12.4. The Morgan fingerprint density at radius 1 is 1.23 bits per heavy atom. The molecule has 0 aromatic heterocycles. The van der Waals surface area contributed by atoms with Crippen LogP contribution in [-0.2, 0) is 0 Å². The number of hydrogen-bond donors (Lipinski definition) is 1. The maximum absolute atomic E-state index is 12.3. The fourth-order valence-electron chi connectivity index (χ4n) is 3.00. The number of nitrogens with zero attached hydrogens (tertiary/aromatic N) is 1. The maximum Gasteiger partial charge on any atom is 0.573 e. The van der Waals surface area contributed by atoms with Gasteiger partial charge in [0, 0.05) is 24.7 Å². The lowest BCUT2D eigenvalue weighted by Gasteiger charge is -2.17. The Kier molecular flexibility index (Phi) is 4.87. The summed E-state index contributed by atoms with van der Waals surface area (Å²) in [5, 5.41) is 3.35. The number of carbonyl (C=O) groups is 1. The first-order valence-corrected chi connectivity index (χ1v) is 6.81. The summed E-state index contributed by atoms with van der Waals surface area (Å²) in [5.74, 6) is 0.0190. The Morgan fingerprint density at radius 3 is 2.50 bits per heavy atom. The first-order valence-electron chi connectivity index (χ1n) is 6.81. The van der Waals surface area contributed by atoms with Crippen molar-refractivity contribution < 1.29 is 22.7 Å². The minimum atomic E-state index is -4.72. The number of halogens is 4. The number of amides is 1. The Balaban J connectivity index is 0.00000176. The molecule has 1 N–H and O–H groups in total. The van der Waals surface area contributed by atoms with E-state index in [0.29, 0.717) is 30.6 Å². The number of rotatable bonds is 2. The highest BCUT2D eigenvalue weighted by atomic mass is 35.5. The van der Waals surface area contributed by atoms with Crippen molar-refractivity contribution in [3.05, 3.63) is 29.8 Å². The topological polar surface area (TPSA) is 41.6 Å². The van der Waals surface area contributed by atoms with Crippen LogP contribution in [0.4, 0.5) is 13.2 Å². The lowest BCUT2D eigenvalue weighted by Crippen LogP contribution is -2.33. The van der Waals surface area contributed by atoms with Gasteiger partial charge in [-0.3, -0.25) is 4.79 Å². The number of alkyl halides is 3. The summed E-state index contributed by atoms with van der Waals surface area (Å²) >= 11 is 0. The molecule has 0 aliphatic carbocycles. The lowest BCUT2D eigenvalue weighted by molar-refractivity contribution is -0.274. The minimum absolute atomic E-state index is 0. The number of carbonyl (C=O) groups excluding carboxylic acids is 1. The van der Waals surface area contributed by atoms with Crippen molar-refractivity contribution in [1.82, 2.24) is 10.2 Å². The molecule has 2 fully saturated rings. The van der Waals surface area contributed by atoms with Crippen molar-refractivity contribution in [3.8, 4) is 5.75 Å². The van der Waals surface area contributed by atoms with Gasteiger partial charge in [-0.15, -0.1) is 25.6 Å². The molecule has 2 aliphatic rings. The predicted octanol–water partition coefficient (Wildman–Crippen LogP) is 2.44. The van der Waals surface area contributed by atoms with Crippen LogP contribution in [0.5, 0.6) is 5.75 Å². The van der Waals surface area contributed by atoms with E-state index in [4.69, 9.17) is 0 Å². The SMILES string of the molecule is Cl.O=C(c1ccc(OC(F)(F)F)cc1)N1C[C@@H]2CCN[C@@H]2C1. The van der Waals surface area contributed by atoms with E-state index in [2.05, 4.69) is 10.1 Å². The highest BCUT2D eigenvalue weighted by Crippen LogP contribution is 2.27. The fourth-order valence-corrected chi connectivity index (χ4v) is 3.00. The highest BCUT2D eigenvalue weighted by molar-refractivity contribution is 5.94. The van der Waals surface area contributed by atoms with Crippen LogP contribution in [0.2, 0.25) is 0 Å². The highest BCUT2D eigenvalue weighted by Gasteiger charge is 2.38. The second kappa shape index (κ2) is 6.34. The summed E-state index contributed by atoms with van der Waals surface area (Å²) < 4.78 is 40.0. The van der Waals surface area contributed by atoms with Crippen molar-refractivity contribution in [3.63, 3.8) is 0 Å². The fraction of sp³-hybridized carbons (Fsp3) is 0.500. The van der Waals surface area contributed by atoms with Gasteiger partial charge in [0.2, 0.25) is 0 Å². The molecule has 0 bridgehead atoms. The molecule has 0 radical (unpaired) electrons. The zero-order valence-electron chi connectivity index (χ0n) is 11.6. The molecule has 2 aliphatic heterocycles. The molecule has 2 heterocycles. The van der Waals surface area contributed by atoms with Gasteiger partial charge in [-0.25, -0.2) is 0 Å². The third-order valence-electron chi connectivity index (χ3n) is 3.98. The van der Waals surface area contributed by atoms with E-state index >= 15 is 0 Å². The van der Waals surface area contributed by atoms with Gasteiger partial charge in [0.15, 0.2) is 0 Å². The molecule has 22 heavy (non-hydrogen) atoms. The van der Waals surface area contributed by atoms with Crippen molar-refractivity contribution >= 4 is 18.3 Å². The lowest BCUT2D eigenvalue weighted by atomic mass is 10.1. The molecule has 0 saturated carbocycles. The van der Waals surface area contributed by atoms with Crippen LogP contribution < -0.4 is 10.1 Å². The van der Waals surface area contributed by atoms with E-state index in [1.807, 2.05) is 0 Å². The van der Waals surface area contributed by atoms with Crippen LogP contribution in [0.1, 0.15) is 16.8 Å². The van der Waals surface area contributed by atoms with E-state index in [-0.39, 0.29) is 24.1 Å². The average molecular weight is 337 g/mol. The van der Waals surface area contributed by atoms with Crippen LogP contribution in [0.25, 0.3) is 0 Å². The van der Waals surface area contributed by atoms with Crippen LogP contribution >= 0.6 is 12.4 Å². The molecular formula is C14H16ClF3N2O2. The Bertz CT molecular complexity index is 524. The second-order valence-corrected chi connectivity index (χ2v) is 5.39. The molecule has 2 saturated heterocycles. The summed E-state index contributed by atoms with van der Waals surface area (Å²) in [6.45, 7) is 2.35. The van der Waals surface area contributed by atoms with Gasteiger partial charge in [-0.2, -0.15) is 0 Å². The minimum Gasteiger partial charge on any atom is -0.406 e. The number of likely N-dealkylation sites (tertiary alicyclic amines) is 1. The Morgan fingerprint density at radius 2 is 1.91 bits per heavy atom. The van der Waals surface area contributed by atoms with Gasteiger partial charge in [-0.1, -0.05) is 0 Å². The van der Waals surface area contributed by atoms with Crippen LogP contribution in [-0.4, -0.2) is 42.8 Å². The summed E-state index contributed by atoms with van der Waals surface area (Å²) in [6, 6.07) is 5.41. The molecule has 3 rings (SSSR count). The van der Waals surface area contributed by atoms with Gasteiger partial charge >= 0.3 is 6.36 Å². The number of hydrogen-bond acceptors (Lipinski definition) is 3. The first-order chi connectivity index (χ1) is 9.92. The number of fused-ring (bicyclic) bond motifs is 1. The summed E-state index contributed by atoms with van der Waals surface area (Å²) in [4.78, 5) is 14.1. The number of nitrogens with one attached hydrogen (secondary N) is 1. The van der Waals surface area contributed by atoms with Gasteiger partial charge in [0.25, 0.3) is 5.91 Å². The van der Waals surface area contributed by atoms with E-state index in [1.165, 1.54) is 12.1 Å². The number of benzene rings is 1. The average Bonchev–Trinajstić information content (AvgIpc) is 2.97. The van der Waals surface area contributed by atoms with Crippen molar-refractivity contribution in [1.29, 1.82) is 0 Å². The molecular weight excluding hydrogens is 321 g/mol. The van der Waals surface area contributed by atoms with E-state index in [9.17, 15) is 18.0 Å². The molecule has 0 unspecified atom stereocenters. The molecule has 1 aromatic carbocycles. The first kappa shape index (κ1) is 16.9. The van der Waals surface area contributed by atoms with Gasteiger partial charge < -0.3 is 15.0 Å². The van der Waals surface area contributed by atoms with E-state index in [0.717, 1.165) is 25.1 Å². The Hall–Kier alpha value is -1.47. The summed E-state index contributed by atoms with van der Waals surface area (Å²) in [5.41, 5.74) is 0.379. The monoisotopic (exact) mass is 336 g/mol. The largest absolute Gasteiger partial charge is 0.573 e.